The Labute approximate surface area is 225 Å². The summed E-state index contributed by atoms with van der Waals surface area (Å²) >= 11 is 6.27. The summed E-state index contributed by atoms with van der Waals surface area (Å²) in [6, 6.07) is 11.0. The summed E-state index contributed by atoms with van der Waals surface area (Å²) in [7, 11) is 0. The van der Waals surface area contributed by atoms with Crippen LogP contribution in [0.15, 0.2) is 65.8 Å². The fourth-order valence-corrected chi connectivity index (χ4v) is 4.14. The molecule has 3 heterocycles. The molecule has 0 aliphatic rings. The summed E-state index contributed by atoms with van der Waals surface area (Å²) < 4.78 is 29.3. The van der Waals surface area contributed by atoms with Gasteiger partial charge in [0.15, 0.2) is 0 Å². The molecule has 5 rings (SSSR count). The van der Waals surface area contributed by atoms with Crippen LogP contribution >= 0.6 is 11.6 Å². The SMILES string of the molecule is Nc1ccc(C#Cc2c(N)ncnc2NCCc2nc3cccc(Cl)c3c(=O)n2-c2cc(F)cc(F)c2)nc1. The quantitative estimate of drug-likeness (QED) is 0.285. The first-order valence-corrected chi connectivity index (χ1v) is 11.9. The first-order chi connectivity index (χ1) is 18.8. The Morgan fingerprint density at radius 2 is 1.79 bits per heavy atom. The summed E-state index contributed by atoms with van der Waals surface area (Å²) in [6.45, 7) is 0.210. The third-order valence-electron chi connectivity index (χ3n) is 5.64. The minimum atomic E-state index is -0.838. The second kappa shape index (κ2) is 10.7. The molecule has 39 heavy (non-hydrogen) atoms. The van der Waals surface area contributed by atoms with E-state index in [1.807, 2.05) is 0 Å². The number of nitrogen functional groups attached to an aromatic ring is 2. The van der Waals surface area contributed by atoms with Gasteiger partial charge in [-0.25, -0.2) is 28.7 Å². The summed E-state index contributed by atoms with van der Waals surface area (Å²) in [5.41, 5.74) is 12.8. The average molecular weight is 545 g/mol. The molecule has 0 aliphatic carbocycles. The number of hydrogen-bond acceptors (Lipinski definition) is 8. The normalized spacial score (nSPS) is 10.7. The molecular weight excluding hydrogens is 526 g/mol. The number of nitrogens with zero attached hydrogens (tertiary/aromatic N) is 5. The van der Waals surface area contributed by atoms with Crippen molar-refractivity contribution < 1.29 is 8.78 Å². The average Bonchev–Trinajstić information content (AvgIpc) is 2.88. The predicted molar refractivity (Wildman–Crippen MR) is 146 cm³/mol. The van der Waals surface area contributed by atoms with E-state index in [0.29, 0.717) is 28.3 Å². The molecule has 0 saturated heterocycles. The maximum Gasteiger partial charge on any atom is 0.267 e. The molecule has 0 aliphatic heterocycles. The lowest BCUT2D eigenvalue weighted by Gasteiger charge is -2.15. The van der Waals surface area contributed by atoms with Crippen molar-refractivity contribution >= 4 is 39.8 Å². The number of halogens is 3. The van der Waals surface area contributed by atoms with Crippen LogP contribution in [-0.2, 0) is 6.42 Å². The van der Waals surface area contributed by atoms with Crippen LogP contribution in [0, 0.1) is 23.5 Å². The first kappa shape index (κ1) is 25.6. The second-order valence-corrected chi connectivity index (χ2v) is 8.72. The highest BCUT2D eigenvalue weighted by Gasteiger charge is 2.17. The number of rotatable bonds is 5. The predicted octanol–water partition coefficient (Wildman–Crippen LogP) is 3.72. The smallest absolute Gasteiger partial charge is 0.267 e. The molecule has 0 fully saturated rings. The van der Waals surface area contributed by atoms with E-state index in [4.69, 9.17) is 23.1 Å². The van der Waals surface area contributed by atoms with Gasteiger partial charge in [-0.1, -0.05) is 23.6 Å². The van der Waals surface area contributed by atoms with E-state index in [0.717, 1.165) is 22.8 Å². The molecule has 3 aromatic heterocycles. The molecule has 0 radical (unpaired) electrons. The maximum absolute atomic E-state index is 14.1. The molecule has 0 spiro atoms. The van der Waals surface area contributed by atoms with Gasteiger partial charge in [0.1, 0.15) is 46.7 Å². The number of fused-ring (bicyclic) bond motifs is 1. The number of nitrogens with one attached hydrogen (secondary N) is 1. The van der Waals surface area contributed by atoms with Gasteiger partial charge in [0.2, 0.25) is 0 Å². The van der Waals surface area contributed by atoms with Crippen LogP contribution in [0.4, 0.5) is 26.1 Å². The molecule has 0 atom stereocenters. The summed E-state index contributed by atoms with van der Waals surface area (Å²) in [5.74, 6) is 4.88. The van der Waals surface area contributed by atoms with Gasteiger partial charge in [-0.3, -0.25) is 9.36 Å². The molecule has 9 nitrogen and oxygen atoms in total. The Morgan fingerprint density at radius 3 is 2.54 bits per heavy atom. The largest absolute Gasteiger partial charge is 0.397 e. The van der Waals surface area contributed by atoms with Crippen molar-refractivity contribution in [1.29, 1.82) is 0 Å². The number of hydrogen-bond donors (Lipinski definition) is 3. The van der Waals surface area contributed by atoms with E-state index < -0.39 is 17.2 Å². The van der Waals surface area contributed by atoms with Crippen molar-refractivity contribution in [2.24, 2.45) is 0 Å². The van der Waals surface area contributed by atoms with Gasteiger partial charge in [0, 0.05) is 19.0 Å². The zero-order valence-electron chi connectivity index (χ0n) is 20.1. The standard InChI is InChI=1S/C27H19ClF2N8O/c28-21-2-1-3-22-24(21)27(39)38(19-11-15(29)10-16(30)12-19)23(37-22)8-9-33-26-20(25(32)35-14-36-26)7-6-18-5-4-17(31)13-34-18/h1-5,10-14H,8-9,31H2,(H3,32,33,35,36). The van der Waals surface area contributed by atoms with E-state index in [-0.39, 0.29) is 40.7 Å². The Hall–Kier alpha value is -5.08. The van der Waals surface area contributed by atoms with E-state index in [1.165, 1.54) is 12.5 Å². The van der Waals surface area contributed by atoms with Gasteiger partial charge in [-0.05, 0) is 42.3 Å². The van der Waals surface area contributed by atoms with Crippen LogP contribution in [0.3, 0.4) is 0 Å². The van der Waals surface area contributed by atoms with Crippen LogP contribution in [0.5, 0.6) is 0 Å². The van der Waals surface area contributed by atoms with E-state index in [2.05, 4.69) is 37.1 Å². The molecule has 12 heteroatoms. The lowest BCUT2D eigenvalue weighted by Crippen LogP contribution is -2.26. The highest BCUT2D eigenvalue weighted by atomic mass is 35.5. The summed E-state index contributed by atoms with van der Waals surface area (Å²) in [6.07, 6.45) is 2.93. The van der Waals surface area contributed by atoms with Crippen molar-refractivity contribution in [3.05, 3.63) is 105 Å². The highest BCUT2D eigenvalue weighted by Crippen LogP contribution is 2.22. The molecule has 194 valence electrons. The van der Waals surface area contributed by atoms with Crippen molar-refractivity contribution in [2.45, 2.75) is 6.42 Å². The van der Waals surface area contributed by atoms with Gasteiger partial charge >= 0.3 is 0 Å². The third-order valence-corrected chi connectivity index (χ3v) is 5.96. The Balaban J connectivity index is 1.49. The summed E-state index contributed by atoms with van der Waals surface area (Å²) in [5, 5.41) is 3.44. The minimum absolute atomic E-state index is 0.0179. The van der Waals surface area contributed by atoms with E-state index in [1.54, 1.807) is 30.3 Å². The molecule has 5 N–H and O–H groups in total. The van der Waals surface area contributed by atoms with E-state index >= 15 is 0 Å². The number of aromatic nitrogens is 5. The lowest BCUT2D eigenvalue weighted by atomic mass is 10.2. The molecule has 0 amide bonds. The monoisotopic (exact) mass is 544 g/mol. The van der Waals surface area contributed by atoms with Crippen LogP contribution < -0.4 is 22.3 Å². The van der Waals surface area contributed by atoms with E-state index in [9.17, 15) is 13.6 Å². The zero-order chi connectivity index (χ0) is 27.5. The minimum Gasteiger partial charge on any atom is -0.397 e. The van der Waals surface area contributed by atoms with Gasteiger partial charge in [-0.15, -0.1) is 0 Å². The van der Waals surface area contributed by atoms with Gasteiger partial charge in [-0.2, -0.15) is 0 Å². The van der Waals surface area contributed by atoms with Gasteiger partial charge in [0.25, 0.3) is 5.56 Å². The lowest BCUT2D eigenvalue weighted by molar-refractivity contribution is 0.580. The molecule has 5 aromatic rings. The number of pyridine rings is 1. The summed E-state index contributed by atoms with van der Waals surface area (Å²) in [4.78, 5) is 30.4. The Kier molecular flexibility index (Phi) is 7.03. The second-order valence-electron chi connectivity index (χ2n) is 8.32. The molecule has 0 saturated carbocycles. The molecule has 2 aromatic carbocycles. The Bertz CT molecular complexity index is 1810. The van der Waals surface area contributed by atoms with Crippen LogP contribution in [-0.4, -0.2) is 31.0 Å². The first-order valence-electron chi connectivity index (χ1n) is 11.5. The van der Waals surface area contributed by atoms with Crippen LogP contribution in [0.25, 0.3) is 16.6 Å². The van der Waals surface area contributed by atoms with Crippen molar-refractivity contribution in [3.8, 4) is 17.5 Å². The van der Waals surface area contributed by atoms with Crippen LogP contribution in [0.2, 0.25) is 5.02 Å². The fourth-order valence-electron chi connectivity index (χ4n) is 3.89. The van der Waals surface area contributed by atoms with Gasteiger partial charge in [0.05, 0.1) is 33.5 Å². The van der Waals surface area contributed by atoms with Crippen molar-refractivity contribution in [3.63, 3.8) is 0 Å². The number of anilines is 3. The topological polar surface area (TPSA) is 138 Å². The maximum atomic E-state index is 14.1. The van der Waals surface area contributed by atoms with Crippen molar-refractivity contribution in [2.75, 3.05) is 23.3 Å². The molecular formula is C27H19ClF2N8O. The van der Waals surface area contributed by atoms with Crippen LogP contribution in [0.1, 0.15) is 17.1 Å². The fraction of sp³-hybridized carbons (Fsp3) is 0.0741. The number of benzene rings is 2. The molecule has 0 unspecified atom stereocenters. The number of nitrogens with two attached hydrogens (primary N) is 2. The van der Waals surface area contributed by atoms with Crippen molar-refractivity contribution in [1.82, 2.24) is 24.5 Å². The molecule has 0 bridgehead atoms. The zero-order valence-corrected chi connectivity index (χ0v) is 20.9. The van der Waals surface area contributed by atoms with Gasteiger partial charge < -0.3 is 16.8 Å². The third kappa shape index (κ3) is 5.46. The Morgan fingerprint density at radius 1 is 1.00 bits per heavy atom. The highest BCUT2D eigenvalue weighted by molar-refractivity contribution is 6.35.